The van der Waals surface area contributed by atoms with Crippen molar-refractivity contribution in [2.24, 2.45) is 0 Å². The van der Waals surface area contributed by atoms with Crippen molar-refractivity contribution in [3.63, 3.8) is 0 Å². The number of aliphatic hydroxyl groups is 1. The van der Waals surface area contributed by atoms with Crippen LogP contribution in [0.5, 0.6) is 0 Å². The van der Waals surface area contributed by atoms with Crippen molar-refractivity contribution in [2.75, 3.05) is 13.2 Å². The van der Waals surface area contributed by atoms with E-state index in [9.17, 15) is 5.11 Å². The number of aromatic nitrogens is 2. The molecule has 0 spiro atoms. The minimum Gasteiger partial charge on any atom is -0.423 e. The molecule has 0 unspecified atom stereocenters. The van der Waals surface area contributed by atoms with E-state index >= 15 is 0 Å². The molecule has 17 heavy (non-hydrogen) atoms. The molecule has 1 aromatic rings. The number of likely N-dealkylation sites (tertiary alicyclic amines) is 1. The highest BCUT2D eigenvalue weighted by molar-refractivity contribution is 4.96. The van der Waals surface area contributed by atoms with Crippen LogP contribution in [-0.2, 0) is 12.0 Å². The Morgan fingerprint density at radius 1 is 1.41 bits per heavy atom. The van der Waals surface area contributed by atoms with Crippen LogP contribution in [0.1, 0.15) is 45.4 Å². The average molecular weight is 239 g/mol. The van der Waals surface area contributed by atoms with Crippen molar-refractivity contribution in [1.82, 2.24) is 15.1 Å². The second-order valence-electron chi connectivity index (χ2n) is 5.70. The zero-order chi connectivity index (χ0) is 12.5. The SMILES string of the molecule is CC(C)(C)c1nnc(CN2CCC[C@H]2CO)o1. The summed E-state index contributed by atoms with van der Waals surface area (Å²) in [5.41, 5.74) is -0.105. The lowest BCUT2D eigenvalue weighted by Gasteiger charge is -2.20. The van der Waals surface area contributed by atoms with Crippen molar-refractivity contribution in [3.8, 4) is 0 Å². The summed E-state index contributed by atoms with van der Waals surface area (Å²) in [6.07, 6.45) is 2.18. The Morgan fingerprint density at radius 2 is 2.18 bits per heavy atom. The molecule has 0 radical (unpaired) electrons. The molecule has 0 aromatic carbocycles. The molecule has 0 aliphatic carbocycles. The Balaban J connectivity index is 2.02. The number of nitrogens with zero attached hydrogens (tertiary/aromatic N) is 3. The summed E-state index contributed by atoms with van der Waals surface area (Å²) >= 11 is 0. The first kappa shape index (κ1) is 12.5. The first-order valence-electron chi connectivity index (χ1n) is 6.18. The van der Waals surface area contributed by atoms with E-state index in [0.717, 1.165) is 19.4 Å². The van der Waals surface area contributed by atoms with Crippen LogP contribution in [-0.4, -0.2) is 39.4 Å². The van der Waals surface area contributed by atoms with Gasteiger partial charge >= 0.3 is 0 Å². The molecule has 0 amide bonds. The summed E-state index contributed by atoms with van der Waals surface area (Å²) in [5, 5.41) is 17.4. The highest BCUT2D eigenvalue weighted by atomic mass is 16.4. The van der Waals surface area contributed by atoms with Crippen LogP contribution in [0.15, 0.2) is 4.42 Å². The average Bonchev–Trinajstić information content (AvgIpc) is 2.86. The standard InChI is InChI=1S/C12H21N3O2/c1-12(2,3)11-14-13-10(17-11)7-15-6-4-5-9(15)8-16/h9,16H,4-8H2,1-3H3/t9-/m0/s1. The van der Waals surface area contributed by atoms with Crippen LogP contribution in [0.3, 0.4) is 0 Å². The molecule has 1 aliphatic heterocycles. The van der Waals surface area contributed by atoms with Crippen LogP contribution in [0, 0.1) is 0 Å². The molecule has 2 heterocycles. The maximum atomic E-state index is 9.24. The molecule has 1 atom stereocenters. The van der Waals surface area contributed by atoms with Gasteiger partial charge in [-0.05, 0) is 19.4 Å². The van der Waals surface area contributed by atoms with E-state index in [-0.39, 0.29) is 18.1 Å². The summed E-state index contributed by atoms with van der Waals surface area (Å²) < 4.78 is 5.66. The number of hydrogen-bond acceptors (Lipinski definition) is 5. The Hall–Kier alpha value is -0.940. The Morgan fingerprint density at radius 3 is 2.76 bits per heavy atom. The molecule has 96 valence electrons. The number of hydrogen-bond donors (Lipinski definition) is 1. The summed E-state index contributed by atoms with van der Waals surface area (Å²) in [7, 11) is 0. The number of rotatable bonds is 3. The lowest BCUT2D eigenvalue weighted by atomic mass is 9.97. The Labute approximate surface area is 102 Å². The van der Waals surface area contributed by atoms with Gasteiger partial charge in [-0.2, -0.15) is 0 Å². The lowest BCUT2D eigenvalue weighted by Crippen LogP contribution is -2.31. The fraction of sp³-hybridized carbons (Fsp3) is 0.833. The van der Waals surface area contributed by atoms with Gasteiger partial charge in [0.1, 0.15) is 0 Å². The van der Waals surface area contributed by atoms with E-state index in [1.54, 1.807) is 0 Å². The van der Waals surface area contributed by atoms with Crippen LogP contribution < -0.4 is 0 Å². The molecule has 2 rings (SSSR count). The topological polar surface area (TPSA) is 62.4 Å². The number of aliphatic hydroxyl groups excluding tert-OH is 1. The van der Waals surface area contributed by atoms with Gasteiger partial charge in [-0.15, -0.1) is 10.2 Å². The van der Waals surface area contributed by atoms with Crippen molar-refractivity contribution in [1.29, 1.82) is 0 Å². The third-order valence-corrected chi connectivity index (χ3v) is 3.16. The van der Waals surface area contributed by atoms with E-state index in [0.29, 0.717) is 18.3 Å². The van der Waals surface area contributed by atoms with Crippen LogP contribution in [0.25, 0.3) is 0 Å². The molecular weight excluding hydrogens is 218 g/mol. The fourth-order valence-corrected chi connectivity index (χ4v) is 2.10. The third kappa shape index (κ3) is 2.84. The summed E-state index contributed by atoms with van der Waals surface area (Å²) in [6, 6.07) is 0.250. The van der Waals surface area contributed by atoms with Crippen LogP contribution >= 0.6 is 0 Å². The normalized spacial score (nSPS) is 22.2. The van der Waals surface area contributed by atoms with E-state index < -0.39 is 0 Å². The molecule has 5 heteroatoms. The molecule has 5 nitrogen and oxygen atoms in total. The Kier molecular flexibility index (Phi) is 3.49. The smallest absolute Gasteiger partial charge is 0.230 e. The van der Waals surface area contributed by atoms with Gasteiger partial charge in [0.05, 0.1) is 13.2 Å². The molecule has 0 saturated carbocycles. The van der Waals surface area contributed by atoms with Crippen LogP contribution in [0.2, 0.25) is 0 Å². The first-order valence-corrected chi connectivity index (χ1v) is 6.18. The highest BCUT2D eigenvalue weighted by Crippen LogP contribution is 2.23. The zero-order valence-electron chi connectivity index (χ0n) is 10.8. The van der Waals surface area contributed by atoms with E-state index in [2.05, 4.69) is 35.9 Å². The van der Waals surface area contributed by atoms with Gasteiger partial charge in [0.25, 0.3) is 0 Å². The van der Waals surface area contributed by atoms with Crippen LogP contribution in [0.4, 0.5) is 0 Å². The lowest BCUT2D eigenvalue weighted by molar-refractivity contribution is 0.143. The van der Waals surface area contributed by atoms with Gasteiger partial charge in [-0.3, -0.25) is 4.90 Å². The van der Waals surface area contributed by atoms with E-state index in [1.165, 1.54) is 0 Å². The van der Waals surface area contributed by atoms with E-state index in [1.807, 2.05) is 0 Å². The molecule has 1 N–H and O–H groups in total. The summed E-state index contributed by atoms with van der Waals surface area (Å²) in [6.45, 7) is 8.01. The monoisotopic (exact) mass is 239 g/mol. The largest absolute Gasteiger partial charge is 0.423 e. The van der Waals surface area contributed by atoms with Gasteiger partial charge in [-0.1, -0.05) is 20.8 Å². The maximum absolute atomic E-state index is 9.24. The van der Waals surface area contributed by atoms with Gasteiger partial charge in [0.2, 0.25) is 11.8 Å². The van der Waals surface area contributed by atoms with Gasteiger partial charge in [0, 0.05) is 11.5 Å². The minimum atomic E-state index is -0.105. The van der Waals surface area contributed by atoms with Crippen molar-refractivity contribution in [3.05, 3.63) is 11.8 Å². The van der Waals surface area contributed by atoms with E-state index in [4.69, 9.17) is 4.42 Å². The molecule has 1 saturated heterocycles. The van der Waals surface area contributed by atoms with Gasteiger partial charge < -0.3 is 9.52 Å². The summed E-state index contributed by atoms with van der Waals surface area (Å²) in [4.78, 5) is 2.21. The maximum Gasteiger partial charge on any atom is 0.230 e. The quantitative estimate of drug-likeness (QED) is 0.862. The van der Waals surface area contributed by atoms with Crippen molar-refractivity contribution < 1.29 is 9.52 Å². The third-order valence-electron chi connectivity index (χ3n) is 3.16. The molecule has 0 bridgehead atoms. The van der Waals surface area contributed by atoms with Crippen molar-refractivity contribution >= 4 is 0 Å². The van der Waals surface area contributed by atoms with Gasteiger partial charge in [-0.25, -0.2) is 0 Å². The summed E-state index contributed by atoms with van der Waals surface area (Å²) in [5.74, 6) is 1.32. The highest BCUT2D eigenvalue weighted by Gasteiger charge is 2.27. The fourth-order valence-electron chi connectivity index (χ4n) is 2.10. The molecule has 1 aliphatic rings. The molecule has 1 fully saturated rings. The Bertz CT molecular complexity index is 370. The predicted octanol–water partition coefficient (Wildman–Crippen LogP) is 1.32. The molecular formula is C12H21N3O2. The van der Waals surface area contributed by atoms with Crippen molar-refractivity contribution in [2.45, 2.75) is 51.6 Å². The minimum absolute atomic E-state index is 0.105. The van der Waals surface area contributed by atoms with Gasteiger partial charge in [0.15, 0.2) is 0 Å². The zero-order valence-corrected chi connectivity index (χ0v) is 10.8. The second-order valence-corrected chi connectivity index (χ2v) is 5.70. The second kappa shape index (κ2) is 4.74. The first-order chi connectivity index (χ1) is 8.00. The molecule has 1 aromatic heterocycles. The predicted molar refractivity (Wildman–Crippen MR) is 63.5 cm³/mol.